The molecule has 1 amide bonds. The predicted octanol–water partition coefficient (Wildman–Crippen LogP) is 3.86. The average Bonchev–Trinajstić information content (AvgIpc) is 2.97. The van der Waals surface area contributed by atoms with Crippen molar-refractivity contribution in [3.63, 3.8) is 0 Å². The summed E-state index contributed by atoms with van der Waals surface area (Å²) in [6.45, 7) is 2.41. The third-order valence-corrected chi connectivity index (χ3v) is 7.41. The van der Waals surface area contributed by atoms with Crippen molar-refractivity contribution >= 4 is 38.9 Å². The van der Waals surface area contributed by atoms with Gasteiger partial charge in [-0.2, -0.15) is 0 Å². The normalized spacial score (nSPS) is 21.2. The van der Waals surface area contributed by atoms with Gasteiger partial charge in [0, 0.05) is 23.8 Å². The van der Waals surface area contributed by atoms with Crippen molar-refractivity contribution in [3.05, 3.63) is 58.6 Å². The zero-order valence-corrected chi connectivity index (χ0v) is 16.6. The molecule has 7 heteroatoms. The first-order valence-corrected chi connectivity index (χ1v) is 11.1. The molecule has 0 radical (unpaired) electrons. The minimum Gasteiger partial charge on any atom is -0.305 e. The van der Waals surface area contributed by atoms with E-state index in [4.69, 9.17) is 11.6 Å². The standard InChI is InChI=1S/C20H21ClN2O3S/c1-14-12-15-6-2-3-7-18(15)23(14)20(24)16-8-9-17(21)19(13-16)22-10-4-5-11-27(22,25)26/h2-3,6-9,13-14H,4-5,10-12H2,1H3/t14-/m1/s1. The number of carbonyl (C=O) groups is 1. The second-order valence-electron chi connectivity index (χ2n) is 7.12. The van der Waals surface area contributed by atoms with E-state index in [-0.39, 0.29) is 17.7 Å². The van der Waals surface area contributed by atoms with Gasteiger partial charge in [-0.1, -0.05) is 29.8 Å². The molecule has 2 aromatic rings. The highest BCUT2D eigenvalue weighted by atomic mass is 35.5. The van der Waals surface area contributed by atoms with Gasteiger partial charge in [0.05, 0.1) is 16.5 Å². The Balaban J connectivity index is 1.72. The van der Waals surface area contributed by atoms with Crippen LogP contribution in [0, 0.1) is 0 Å². The first-order chi connectivity index (χ1) is 12.9. The van der Waals surface area contributed by atoms with Crippen LogP contribution in [0.5, 0.6) is 0 Å². The van der Waals surface area contributed by atoms with E-state index < -0.39 is 10.0 Å². The van der Waals surface area contributed by atoms with Crippen LogP contribution in [0.1, 0.15) is 35.7 Å². The van der Waals surface area contributed by atoms with E-state index in [9.17, 15) is 13.2 Å². The first kappa shape index (κ1) is 18.3. The number of nitrogens with zero attached hydrogens (tertiary/aromatic N) is 2. The quantitative estimate of drug-likeness (QED) is 0.763. The van der Waals surface area contributed by atoms with Gasteiger partial charge in [-0.25, -0.2) is 8.42 Å². The van der Waals surface area contributed by atoms with Gasteiger partial charge in [0.1, 0.15) is 0 Å². The lowest BCUT2D eigenvalue weighted by Gasteiger charge is -2.29. The zero-order valence-electron chi connectivity index (χ0n) is 15.1. The van der Waals surface area contributed by atoms with Crippen LogP contribution in [0.25, 0.3) is 0 Å². The van der Waals surface area contributed by atoms with E-state index in [1.807, 2.05) is 31.2 Å². The molecule has 27 heavy (non-hydrogen) atoms. The van der Waals surface area contributed by atoms with Crippen LogP contribution in [0.3, 0.4) is 0 Å². The summed E-state index contributed by atoms with van der Waals surface area (Å²) in [6.07, 6.45) is 2.24. The fourth-order valence-corrected chi connectivity index (χ4v) is 5.83. The average molecular weight is 405 g/mol. The monoisotopic (exact) mass is 404 g/mol. The van der Waals surface area contributed by atoms with E-state index in [0.717, 1.165) is 24.1 Å². The van der Waals surface area contributed by atoms with Crippen LogP contribution in [-0.2, 0) is 16.4 Å². The largest absolute Gasteiger partial charge is 0.305 e. The van der Waals surface area contributed by atoms with E-state index >= 15 is 0 Å². The molecule has 2 heterocycles. The first-order valence-electron chi connectivity index (χ1n) is 9.10. The summed E-state index contributed by atoms with van der Waals surface area (Å²) in [5.41, 5.74) is 2.89. The molecule has 5 nitrogen and oxygen atoms in total. The second kappa shape index (κ2) is 6.84. The maximum Gasteiger partial charge on any atom is 0.258 e. The van der Waals surface area contributed by atoms with Gasteiger partial charge in [0.2, 0.25) is 10.0 Å². The topological polar surface area (TPSA) is 57.7 Å². The summed E-state index contributed by atoms with van der Waals surface area (Å²) in [7, 11) is -3.40. The predicted molar refractivity (Wildman–Crippen MR) is 108 cm³/mol. The summed E-state index contributed by atoms with van der Waals surface area (Å²) in [5.74, 6) is -0.0299. The summed E-state index contributed by atoms with van der Waals surface area (Å²) in [6, 6.07) is 12.8. The van der Waals surface area contributed by atoms with Crippen LogP contribution in [0.2, 0.25) is 5.02 Å². The Labute approximate surface area is 164 Å². The van der Waals surface area contributed by atoms with Crippen molar-refractivity contribution in [2.75, 3.05) is 21.5 Å². The molecule has 1 fully saturated rings. The molecule has 0 aromatic heterocycles. The summed E-state index contributed by atoms with van der Waals surface area (Å²) >= 11 is 6.30. The molecule has 0 spiro atoms. The molecule has 1 saturated heterocycles. The highest BCUT2D eigenvalue weighted by Gasteiger charge is 2.33. The molecule has 0 saturated carbocycles. The SMILES string of the molecule is C[C@@H]1Cc2ccccc2N1C(=O)c1ccc(Cl)c(N2CCCCS2(=O)=O)c1. The number of hydrogen-bond acceptors (Lipinski definition) is 3. The third kappa shape index (κ3) is 3.21. The van der Waals surface area contributed by atoms with Crippen LogP contribution in [-0.4, -0.2) is 32.7 Å². The van der Waals surface area contributed by atoms with Crippen molar-refractivity contribution in [1.82, 2.24) is 0 Å². The lowest BCUT2D eigenvalue weighted by molar-refractivity contribution is 0.0981. The number of fused-ring (bicyclic) bond motifs is 1. The molecule has 2 aromatic carbocycles. The summed E-state index contributed by atoms with van der Waals surface area (Å²) < 4.78 is 26.3. The molecule has 4 rings (SSSR count). The number of carbonyl (C=O) groups excluding carboxylic acids is 1. The van der Waals surface area contributed by atoms with E-state index in [2.05, 4.69) is 0 Å². The highest BCUT2D eigenvalue weighted by molar-refractivity contribution is 7.92. The van der Waals surface area contributed by atoms with Gasteiger partial charge in [-0.15, -0.1) is 0 Å². The Morgan fingerprint density at radius 2 is 1.89 bits per heavy atom. The minimum atomic E-state index is -3.40. The number of para-hydroxylation sites is 1. The van der Waals surface area contributed by atoms with Gasteiger partial charge in [-0.3, -0.25) is 9.10 Å². The van der Waals surface area contributed by atoms with Crippen molar-refractivity contribution in [2.24, 2.45) is 0 Å². The molecule has 0 aliphatic carbocycles. The fraction of sp³-hybridized carbons (Fsp3) is 0.350. The second-order valence-corrected chi connectivity index (χ2v) is 9.54. The molecule has 142 valence electrons. The lowest BCUT2D eigenvalue weighted by atomic mass is 10.1. The number of hydrogen-bond donors (Lipinski definition) is 0. The lowest BCUT2D eigenvalue weighted by Crippen LogP contribution is -2.38. The number of sulfonamides is 1. The Bertz CT molecular complexity index is 1010. The molecule has 2 aliphatic heterocycles. The highest BCUT2D eigenvalue weighted by Crippen LogP contribution is 2.35. The van der Waals surface area contributed by atoms with Gasteiger partial charge < -0.3 is 4.90 Å². The van der Waals surface area contributed by atoms with Crippen molar-refractivity contribution < 1.29 is 13.2 Å². The molecule has 0 unspecified atom stereocenters. The Morgan fingerprint density at radius 1 is 1.11 bits per heavy atom. The van der Waals surface area contributed by atoms with Crippen LogP contribution >= 0.6 is 11.6 Å². The molecule has 2 aliphatic rings. The number of anilines is 2. The van der Waals surface area contributed by atoms with Gasteiger partial charge in [-0.05, 0) is 56.0 Å². The van der Waals surface area contributed by atoms with E-state index in [0.29, 0.717) is 29.2 Å². The minimum absolute atomic E-state index is 0.0488. The third-order valence-electron chi connectivity index (χ3n) is 5.24. The number of halogens is 1. The Kier molecular flexibility index (Phi) is 4.64. The van der Waals surface area contributed by atoms with Crippen LogP contribution < -0.4 is 9.21 Å². The maximum absolute atomic E-state index is 13.2. The molecule has 1 atom stereocenters. The molecular weight excluding hydrogens is 384 g/mol. The summed E-state index contributed by atoms with van der Waals surface area (Å²) in [5, 5.41) is 0.340. The maximum atomic E-state index is 13.2. The Morgan fingerprint density at radius 3 is 2.67 bits per heavy atom. The number of benzene rings is 2. The molecular formula is C20H21ClN2O3S. The molecule has 0 N–H and O–H groups in total. The zero-order chi connectivity index (χ0) is 19.2. The van der Waals surface area contributed by atoms with Gasteiger partial charge in [0.25, 0.3) is 5.91 Å². The smallest absolute Gasteiger partial charge is 0.258 e. The van der Waals surface area contributed by atoms with E-state index in [1.54, 1.807) is 23.1 Å². The molecule has 0 bridgehead atoms. The fourth-order valence-electron chi connectivity index (χ4n) is 3.91. The number of rotatable bonds is 2. The van der Waals surface area contributed by atoms with Gasteiger partial charge >= 0.3 is 0 Å². The van der Waals surface area contributed by atoms with Crippen molar-refractivity contribution in [3.8, 4) is 0 Å². The summed E-state index contributed by atoms with van der Waals surface area (Å²) in [4.78, 5) is 15.0. The van der Waals surface area contributed by atoms with E-state index in [1.165, 1.54) is 4.31 Å². The number of amides is 1. The Hall–Kier alpha value is -2.05. The van der Waals surface area contributed by atoms with Crippen LogP contribution in [0.15, 0.2) is 42.5 Å². The van der Waals surface area contributed by atoms with Crippen molar-refractivity contribution in [2.45, 2.75) is 32.2 Å². The van der Waals surface area contributed by atoms with Crippen LogP contribution in [0.4, 0.5) is 11.4 Å². The van der Waals surface area contributed by atoms with Gasteiger partial charge in [0.15, 0.2) is 0 Å². The van der Waals surface area contributed by atoms with Crippen molar-refractivity contribution in [1.29, 1.82) is 0 Å².